The lowest BCUT2D eigenvalue weighted by Gasteiger charge is -2.13. The second kappa shape index (κ2) is 6.47. The third-order valence-electron chi connectivity index (χ3n) is 3.60. The van der Waals surface area contributed by atoms with Crippen LogP contribution in [0.4, 0.5) is 10.5 Å². The summed E-state index contributed by atoms with van der Waals surface area (Å²) < 4.78 is 24.8. The van der Waals surface area contributed by atoms with Gasteiger partial charge in [-0.1, -0.05) is 12.8 Å². The summed E-state index contributed by atoms with van der Waals surface area (Å²) in [4.78, 5) is 11.9. The van der Waals surface area contributed by atoms with Gasteiger partial charge in [-0.05, 0) is 51.0 Å². The maximum absolute atomic E-state index is 12.4. The van der Waals surface area contributed by atoms with Crippen LogP contribution in [0.3, 0.4) is 0 Å². The molecule has 1 aliphatic carbocycles. The van der Waals surface area contributed by atoms with Crippen LogP contribution in [0.15, 0.2) is 29.2 Å². The van der Waals surface area contributed by atoms with E-state index in [9.17, 15) is 13.2 Å². The molecular formula is C15H22N2O3S. The summed E-state index contributed by atoms with van der Waals surface area (Å²) in [5, 5.41) is 5.14. The summed E-state index contributed by atoms with van der Waals surface area (Å²) in [5.41, 5.74) is 0.582. The smallest absolute Gasteiger partial charge is 0.319 e. The molecule has 0 radical (unpaired) electrons. The number of benzene rings is 1. The van der Waals surface area contributed by atoms with Gasteiger partial charge in [0, 0.05) is 11.7 Å². The molecule has 6 heteroatoms. The summed E-state index contributed by atoms with van der Waals surface area (Å²) in [6.45, 7) is 3.74. The summed E-state index contributed by atoms with van der Waals surface area (Å²) in [6, 6.07) is 6.14. The van der Waals surface area contributed by atoms with E-state index in [1.165, 1.54) is 0 Å². The molecule has 2 N–H and O–H groups in total. The van der Waals surface area contributed by atoms with E-state index in [1.54, 1.807) is 24.3 Å². The predicted molar refractivity (Wildman–Crippen MR) is 83.2 cm³/mol. The molecule has 0 atom stereocenters. The van der Waals surface area contributed by atoms with E-state index in [4.69, 9.17) is 0 Å². The number of hydrogen-bond donors (Lipinski definition) is 2. The summed E-state index contributed by atoms with van der Waals surface area (Å²) in [5.74, 6) is 0. The first-order chi connectivity index (χ1) is 9.89. The number of urea groups is 1. The Bertz CT molecular complexity index is 588. The molecule has 1 aromatic rings. The highest BCUT2D eigenvalue weighted by Crippen LogP contribution is 2.29. The van der Waals surface area contributed by atoms with Crippen molar-refractivity contribution in [2.24, 2.45) is 0 Å². The maximum atomic E-state index is 12.4. The number of amides is 2. The Labute approximate surface area is 126 Å². The molecule has 2 amide bonds. The zero-order valence-electron chi connectivity index (χ0n) is 12.4. The summed E-state index contributed by atoms with van der Waals surface area (Å²) in [6.07, 6.45) is 3.47. The van der Waals surface area contributed by atoms with Crippen LogP contribution in [0.1, 0.15) is 39.5 Å². The lowest BCUT2D eigenvalue weighted by molar-refractivity contribution is 0.250. The number of sulfone groups is 1. The van der Waals surface area contributed by atoms with Crippen molar-refractivity contribution >= 4 is 21.6 Å². The minimum atomic E-state index is -3.23. The van der Waals surface area contributed by atoms with E-state index < -0.39 is 9.84 Å². The molecule has 1 aliphatic rings. The van der Waals surface area contributed by atoms with E-state index in [-0.39, 0.29) is 17.3 Å². The Hall–Kier alpha value is -1.56. The third kappa shape index (κ3) is 3.97. The maximum Gasteiger partial charge on any atom is 0.319 e. The first kappa shape index (κ1) is 15.8. The molecule has 1 saturated carbocycles. The number of hydrogen-bond acceptors (Lipinski definition) is 3. The number of rotatable bonds is 4. The highest BCUT2D eigenvalue weighted by Gasteiger charge is 2.30. The van der Waals surface area contributed by atoms with Crippen molar-refractivity contribution in [3.05, 3.63) is 24.3 Å². The topological polar surface area (TPSA) is 75.3 Å². The first-order valence-corrected chi connectivity index (χ1v) is 8.85. The largest absolute Gasteiger partial charge is 0.336 e. The Morgan fingerprint density at radius 2 is 1.71 bits per heavy atom. The van der Waals surface area contributed by atoms with Gasteiger partial charge in [-0.3, -0.25) is 0 Å². The zero-order valence-corrected chi connectivity index (χ0v) is 13.2. The van der Waals surface area contributed by atoms with Crippen molar-refractivity contribution in [3.8, 4) is 0 Å². The van der Waals surface area contributed by atoms with Crippen molar-refractivity contribution in [3.63, 3.8) is 0 Å². The molecule has 5 nitrogen and oxygen atoms in total. The van der Waals surface area contributed by atoms with Crippen LogP contribution in [0.2, 0.25) is 0 Å². The average molecular weight is 310 g/mol. The van der Waals surface area contributed by atoms with Crippen molar-refractivity contribution in [2.75, 3.05) is 5.32 Å². The molecule has 116 valence electrons. The van der Waals surface area contributed by atoms with Crippen LogP contribution in [-0.4, -0.2) is 25.7 Å². The van der Waals surface area contributed by atoms with E-state index in [2.05, 4.69) is 10.6 Å². The Morgan fingerprint density at radius 1 is 1.14 bits per heavy atom. The molecule has 0 saturated heterocycles. The van der Waals surface area contributed by atoms with E-state index >= 15 is 0 Å². The molecule has 1 aromatic carbocycles. The molecule has 0 bridgehead atoms. The number of carbonyl (C=O) groups is 1. The van der Waals surface area contributed by atoms with E-state index in [0.717, 1.165) is 25.7 Å². The third-order valence-corrected chi connectivity index (χ3v) is 5.88. The van der Waals surface area contributed by atoms with Gasteiger partial charge in [-0.15, -0.1) is 0 Å². The van der Waals surface area contributed by atoms with Crippen molar-refractivity contribution in [1.29, 1.82) is 0 Å². The predicted octanol–water partition coefficient (Wildman–Crippen LogP) is 2.93. The molecule has 1 fully saturated rings. The van der Waals surface area contributed by atoms with Gasteiger partial charge in [0.15, 0.2) is 9.84 Å². The van der Waals surface area contributed by atoms with Crippen LogP contribution in [0, 0.1) is 0 Å². The van der Waals surface area contributed by atoms with Gasteiger partial charge in [-0.2, -0.15) is 0 Å². The van der Waals surface area contributed by atoms with Crippen LogP contribution >= 0.6 is 0 Å². The van der Waals surface area contributed by atoms with Gasteiger partial charge >= 0.3 is 6.03 Å². The van der Waals surface area contributed by atoms with Gasteiger partial charge in [0.25, 0.3) is 0 Å². The molecule has 2 rings (SSSR count). The Kier molecular flexibility index (Phi) is 4.88. The minimum Gasteiger partial charge on any atom is -0.336 e. The molecule has 0 spiro atoms. The van der Waals surface area contributed by atoms with Crippen LogP contribution in [0.25, 0.3) is 0 Å². The minimum absolute atomic E-state index is 0.0482. The quantitative estimate of drug-likeness (QED) is 0.898. The SMILES string of the molecule is CC(C)NC(=O)Nc1ccc(S(=O)(=O)C2CCCC2)cc1. The normalized spacial score (nSPS) is 16.1. The van der Waals surface area contributed by atoms with Gasteiger partial charge in [0.05, 0.1) is 10.1 Å². The Morgan fingerprint density at radius 3 is 2.24 bits per heavy atom. The molecule has 21 heavy (non-hydrogen) atoms. The molecule has 0 unspecified atom stereocenters. The van der Waals surface area contributed by atoms with Crippen LogP contribution in [-0.2, 0) is 9.84 Å². The standard InChI is InChI=1S/C15H22N2O3S/c1-11(2)16-15(18)17-12-7-9-14(10-8-12)21(19,20)13-5-3-4-6-13/h7-11,13H,3-6H2,1-2H3,(H2,16,17,18). The fraction of sp³-hybridized carbons (Fsp3) is 0.533. The van der Waals surface area contributed by atoms with E-state index in [1.807, 2.05) is 13.8 Å². The molecular weight excluding hydrogens is 288 g/mol. The van der Waals surface area contributed by atoms with Crippen molar-refractivity contribution < 1.29 is 13.2 Å². The highest BCUT2D eigenvalue weighted by atomic mass is 32.2. The van der Waals surface area contributed by atoms with Crippen LogP contribution in [0.5, 0.6) is 0 Å². The summed E-state index contributed by atoms with van der Waals surface area (Å²) >= 11 is 0. The second-order valence-corrected chi connectivity index (χ2v) is 7.96. The molecule has 0 heterocycles. The fourth-order valence-corrected chi connectivity index (χ4v) is 4.40. The zero-order chi connectivity index (χ0) is 15.5. The van der Waals surface area contributed by atoms with Gasteiger partial charge in [-0.25, -0.2) is 13.2 Å². The van der Waals surface area contributed by atoms with Gasteiger partial charge in [0.1, 0.15) is 0 Å². The number of anilines is 1. The van der Waals surface area contributed by atoms with E-state index in [0.29, 0.717) is 10.6 Å². The Balaban J connectivity index is 2.06. The lowest BCUT2D eigenvalue weighted by atomic mass is 10.3. The highest BCUT2D eigenvalue weighted by molar-refractivity contribution is 7.92. The average Bonchev–Trinajstić information content (AvgIpc) is 2.92. The second-order valence-electron chi connectivity index (χ2n) is 5.73. The van der Waals surface area contributed by atoms with Crippen molar-refractivity contribution in [2.45, 2.75) is 55.7 Å². The monoisotopic (exact) mass is 310 g/mol. The lowest BCUT2D eigenvalue weighted by Crippen LogP contribution is -2.34. The summed E-state index contributed by atoms with van der Waals surface area (Å²) in [7, 11) is -3.23. The molecule has 0 aromatic heterocycles. The van der Waals surface area contributed by atoms with Crippen molar-refractivity contribution in [1.82, 2.24) is 5.32 Å². The van der Waals surface area contributed by atoms with Gasteiger partial charge in [0.2, 0.25) is 0 Å². The number of nitrogens with one attached hydrogen (secondary N) is 2. The molecule has 0 aliphatic heterocycles. The first-order valence-electron chi connectivity index (χ1n) is 7.31. The number of carbonyl (C=O) groups excluding carboxylic acids is 1. The van der Waals surface area contributed by atoms with Crippen LogP contribution < -0.4 is 10.6 Å². The fourth-order valence-electron chi connectivity index (χ4n) is 2.55. The van der Waals surface area contributed by atoms with Gasteiger partial charge < -0.3 is 10.6 Å².